The lowest BCUT2D eigenvalue weighted by Crippen LogP contribution is -2.05. The predicted octanol–water partition coefficient (Wildman–Crippen LogP) is 4.43. The van der Waals surface area contributed by atoms with E-state index in [2.05, 4.69) is 21.2 Å². The molecule has 2 aromatic carbocycles. The summed E-state index contributed by atoms with van der Waals surface area (Å²) in [5.41, 5.74) is 4.20. The number of carbonyl (C=O) groups excluding carboxylic acids is 1. The molecule has 0 saturated heterocycles. The van der Waals surface area contributed by atoms with Crippen LogP contribution in [-0.2, 0) is 4.79 Å². The van der Waals surface area contributed by atoms with Crippen LogP contribution in [0.5, 0.6) is 5.75 Å². The van der Waals surface area contributed by atoms with Crippen LogP contribution in [0.4, 0.5) is 5.69 Å². The first-order valence-corrected chi connectivity index (χ1v) is 7.53. The molecule has 0 saturated carbocycles. The summed E-state index contributed by atoms with van der Waals surface area (Å²) in [6, 6.07) is 12.8. The molecule has 0 unspecified atom stereocenters. The van der Waals surface area contributed by atoms with Gasteiger partial charge in [0.15, 0.2) is 0 Å². The third-order valence-corrected chi connectivity index (χ3v) is 4.07. The number of phenolic OH excluding ortho intramolecular Hbond substituents is 1. The van der Waals surface area contributed by atoms with Gasteiger partial charge in [0.1, 0.15) is 5.75 Å². The van der Waals surface area contributed by atoms with Gasteiger partial charge >= 0.3 is 0 Å². The van der Waals surface area contributed by atoms with Gasteiger partial charge in [-0.3, -0.25) is 4.79 Å². The summed E-state index contributed by atoms with van der Waals surface area (Å²) in [6.45, 7) is 2.01. The molecule has 0 aromatic heterocycles. The molecular formula is C17H14BrNO2. The van der Waals surface area contributed by atoms with E-state index in [4.69, 9.17) is 0 Å². The van der Waals surface area contributed by atoms with E-state index >= 15 is 0 Å². The number of amides is 1. The molecule has 0 aliphatic carbocycles. The number of aromatic hydroxyl groups is 1. The number of benzene rings is 2. The maximum Gasteiger partial charge on any atom is 0.256 e. The van der Waals surface area contributed by atoms with Crippen LogP contribution in [0.2, 0.25) is 0 Å². The Kier molecular flexibility index (Phi) is 3.55. The van der Waals surface area contributed by atoms with Gasteiger partial charge in [0.2, 0.25) is 0 Å². The third-order valence-electron chi connectivity index (χ3n) is 3.58. The highest BCUT2D eigenvalue weighted by Gasteiger charge is 2.27. The van der Waals surface area contributed by atoms with E-state index in [0.717, 1.165) is 26.9 Å². The van der Waals surface area contributed by atoms with E-state index in [0.29, 0.717) is 12.0 Å². The Hall–Kier alpha value is -2.07. The quantitative estimate of drug-likeness (QED) is 0.792. The lowest BCUT2D eigenvalue weighted by atomic mass is 9.93. The highest BCUT2D eigenvalue weighted by molar-refractivity contribution is 9.10. The molecule has 0 radical (unpaired) electrons. The molecule has 1 heterocycles. The fraction of sp³-hybridized carbons (Fsp3) is 0.118. The lowest BCUT2D eigenvalue weighted by molar-refractivity contribution is -0.110. The summed E-state index contributed by atoms with van der Waals surface area (Å²) in [5, 5.41) is 12.6. The molecule has 1 amide bonds. The number of allylic oxidation sites excluding steroid dienone is 1. The second kappa shape index (κ2) is 5.37. The molecular weight excluding hydrogens is 330 g/mol. The molecule has 3 rings (SSSR count). The monoisotopic (exact) mass is 343 g/mol. The second-order valence-electron chi connectivity index (χ2n) is 4.90. The molecule has 0 bridgehead atoms. The lowest BCUT2D eigenvalue weighted by Gasteiger charge is -2.10. The molecule has 106 valence electrons. The van der Waals surface area contributed by atoms with Gasteiger partial charge in [-0.05, 0) is 47.9 Å². The van der Waals surface area contributed by atoms with Crippen LogP contribution in [0.1, 0.15) is 24.5 Å². The van der Waals surface area contributed by atoms with Crippen LogP contribution in [0.25, 0.3) is 11.1 Å². The Morgan fingerprint density at radius 2 is 2.05 bits per heavy atom. The minimum atomic E-state index is -0.0942. The molecule has 0 spiro atoms. The average molecular weight is 344 g/mol. The van der Waals surface area contributed by atoms with Crippen molar-refractivity contribution in [3.8, 4) is 5.75 Å². The topological polar surface area (TPSA) is 49.3 Å². The van der Waals surface area contributed by atoms with E-state index in [-0.39, 0.29) is 11.7 Å². The number of carbonyl (C=O) groups is 1. The fourth-order valence-corrected chi connectivity index (χ4v) is 3.02. The van der Waals surface area contributed by atoms with Crippen LogP contribution in [0.3, 0.4) is 0 Å². The highest BCUT2D eigenvalue weighted by Crippen LogP contribution is 2.39. The van der Waals surface area contributed by atoms with Gasteiger partial charge in [0.25, 0.3) is 5.91 Å². The third kappa shape index (κ3) is 2.47. The number of nitrogens with one attached hydrogen (secondary N) is 1. The van der Waals surface area contributed by atoms with Crippen molar-refractivity contribution in [3.63, 3.8) is 0 Å². The van der Waals surface area contributed by atoms with Crippen LogP contribution >= 0.6 is 15.9 Å². The van der Waals surface area contributed by atoms with Crippen molar-refractivity contribution in [1.29, 1.82) is 0 Å². The fourth-order valence-electron chi connectivity index (χ4n) is 2.66. The molecule has 21 heavy (non-hydrogen) atoms. The molecule has 3 nitrogen and oxygen atoms in total. The van der Waals surface area contributed by atoms with E-state index in [1.165, 1.54) is 0 Å². The number of phenols is 1. The molecule has 4 heteroatoms. The number of halogens is 1. The largest absolute Gasteiger partial charge is 0.508 e. The summed E-state index contributed by atoms with van der Waals surface area (Å²) in [7, 11) is 0. The van der Waals surface area contributed by atoms with Gasteiger partial charge in [-0.25, -0.2) is 0 Å². The number of rotatable bonds is 2. The first-order valence-electron chi connectivity index (χ1n) is 6.74. The normalized spacial score (nSPS) is 15.6. The van der Waals surface area contributed by atoms with E-state index in [1.54, 1.807) is 18.2 Å². The Labute approximate surface area is 131 Å². The maximum atomic E-state index is 12.4. The van der Waals surface area contributed by atoms with Crippen molar-refractivity contribution in [3.05, 3.63) is 58.1 Å². The zero-order valence-corrected chi connectivity index (χ0v) is 13.1. The standard InChI is InChI=1S/C17H14BrNO2/c1-2-13(10-4-3-5-12(20)8-10)16-14-9-11(18)6-7-15(14)19-17(16)21/h3-9,20H,2H2,1H3,(H,19,21)/b16-13-. The molecule has 1 aliphatic heterocycles. The van der Waals surface area contributed by atoms with Crippen LogP contribution in [-0.4, -0.2) is 11.0 Å². The van der Waals surface area contributed by atoms with Crippen molar-refractivity contribution >= 4 is 38.7 Å². The molecule has 0 fully saturated rings. The van der Waals surface area contributed by atoms with Gasteiger partial charge in [0.05, 0.1) is 5.57 Å². The second-order valence-corrected chi connectivity index (χ2v) is 5.82. The molecule has 0 atom stereocenters. The van der Waals surface area contributed by atoms with Gasteiger partial charge in [-0.15, -0.1) is 0 Å². The van der Waals surface area contributed by atoms with Crippen LogP contribution < -0.4 is 5.32 Å². The van der Waals surface area contributed by atoms with Crippen molar-refractivity contribution < 1.29 is 9.90 Å². The minimum Gasteiger partial charge on any atom is -0.508 e. The number of hydrogen-bond acceptors (Lipinski definition) is 2. The van der Waals surface area contributed by atoms with Crippen molar-refractivity contribution in [2.45, 2.75) is 13.3 Å². The Morgan fingerprint density at radius 3 is 2.76 bits per heavy atom. The van der Waals surface area contributed by atoms with Crippen LogP contribution in [0, 0.1) is 0 Å². The Morgan fingerprint density at radius 1 is 1.24 bits per heavy atom. The zero-order chi connectivity index (χ0) is 15.0. The first kappa shape index (κ1) is 13.9. The Balaban J connectivity index is 2.25. The molecule has 2 N–H and O–H groups in total. The number of fused-ring (bicyclic) bond motifs is 1. The van der Waals surface area contributed by atoms with E-state index < -0.39 is 0 Å². The summed E-state index contributed by atoms with van der Waals surface area (Å²) in [5.74, 6) is 0.107. The average Bonchev–Trinajstić information content (AvgIpc) is 2.76. The Bertz CT molecular complexity index is 765. The van der Waals surface area contributed by atoms with Gasteiger partial charge < -0.3 is 10.4 Å². The molecule has 1 aliphatic rings. The highest BCUT2D eigenvalue weighted by atomic mass is 79.9. The van der Waals surface area contributed by atoms with E-state index in [1.807, 2.05) is 31.2 Å². The van der Waals surface area contributed by atoms with Gasteiger partial charge in [0, 0.05) is 15.7 Å². The smallest absolute Gasteiger partial charge is 0.256 e. The number of anilines is 1. The first-order chi connectivity index (χ1) is 10.1. The van der Waals surface area contributed by atoms with Crippen molar-refractivity contribution in [2.75, 3.05) is 5.32 Å². The summed E-state index contributed by atoms with van der Waals surface area (Å²) >= 11 is 3.45. The van der Waals surface area contributed by atoms with Gasteiger partial charge in [-0.1, -0.05) is 35.0 Å². The summed E-state index contributed by atoms with van der Waals surface area (Å²) < 4.78 is 0.932. The minimum absolute atomic E-state index is 0.0942. The maximum absolute atomic E-state index is 12.4. The van der Waals surface area contributed by atoms with Crippen molar-refractivity contribution in [2.24, 2.45) is 0 Å². The summed E-state index contributed by atoms with van der Waals surface area (Å²) in [4.78, 5) is 12.4. The zero-order valence-electron chi connectivity index (χ0n) is 11.5. The van der Waals surface area contributed by atoms with E-state index in [9.17, 15) is 9.90 Å². The molecule has 2 aromatic rings. The van der Waals surface area contributed by atoms with Gasteiger partial charge in [-0.2, -0.15) is 0 Å². The number of hydrogen-bond donors (Lipinski definition) is 2. The van der Waals surface area contributed by atoms with Crippen LogP contribution in [0.15, 0.2) is 46.9 Å². The van der Waals surface area contributed by atoms with Crippen molar-refractivity contribution in [1.82, 2.24) is 0 Å². The summed E-state index contributed by atoms with van der Waals surface area (Å²) in [6.07, 6.45) is 0.707. The SMILES string of the molecule is CC/C(=C1/C(=O)Nc2ccc(Br)cc21)c1cccc(O)c1. The predicted molar refractivity (Wildman–Crippen MR) is 88.0 cm³/mol.